The van der Waals surface area contributed by atoms with Gasteiger partial charge in [-0.05, 0) is 62.0 Å². The molecule has 2 saturated carbocycles. The highest BCUT2D eigenvalue weighted by atomic mass is 32.2. The normalized spacial score (nSPS) is 27.8. The second-order valence-corrected chi connectivity index (χ2v) is 9.39. The third kappa shape index (κ3) is 4.26. The average Bonchev–Trinajstić information content (AvgIpc) is 3.12. The Hall–Kier alpha value is -1.84. The number of hydrogen-bond acceptors (Lipinski definition) is 5. The standard InChI is InChI=1S/C19H25FN4O3S/c1-2-9-22-28(25,26)24-17-11-19(17)7-5-13(6-8-19)12-21-18-23-15-4-3-14(20)10-16(15)27-18/h3-4,10,12-13,17,22,24H,2,5-9,11H2,1H3/b21-12+/t13?,17-,19?/m0/s1. The van der Waals surface area contributed by atoms with Crippen molar-refractivity contribution in [1.29, 1.82) is 0 Å². The average molecular weight is 408 g/mol. The van der Waals surface area contributed by atoms with E-state index in [2.05, 4.69) is 19.4 Å². The van der Waals surface area contributed by atoms with E-state index in [4.69, 9.17) is 4.42 Å². The molecule has 2 N–H and O–H groups in total. The molecule has 0 amide bonds. The number of nitrogens with zero attached hydrogens (tertiary/aromatic N) is 2. The van der Waals surface area contributed by atoms with Crippen molar-refractivity contribution >= 4 is 33.5 Å². The van der Waals surface area contributed by atoms with Gasteiger partial charge in [0.15, 0.2) is 5.58 Å². The van der Waals surface area contributed by atoms with E-state index < -0.39 is 10.2 Å². The molecule has 1 spiro atoms. The second kappa shape index (κ2) is 7.53. The molecule has 0 bridgehead atoms. The van der Waals surface area contributed by atoms with Crippen molar-refractivity contribution in [2.75, 3.05) is 6.54 Å². The maximum atomic E-state index is 13.2. The molecule has 1 atom stereocenters. The molecule has 2 aliphatic carbocycles. The van der Waals surface area contributed by atoms with Gasteiger partial charge in [0.1, 0.15) is 11.3 Å². The molecular weight excluding hydrogens is 383 g/mol. The van der Waals surface area contributed by atoms with Crippen LogP contribution in [0.3, 0.4) is 0 Å². The summed E-state index contributed by atoms with van der Waals surface area (Å²) in [4.78, 5) is 8.57. The zero-order chi connectivity index (χ0) is 19.8. The van der Waals surface area contributed by atoms with Gasteiger partial charge in [-0.1, -0.05) is 6.92 Å². The van der Waals surface area contributed by atoms with Gasteiger partial charge in [0.25, 0.3) is 10.2 Å². The molecule has 2 fully saturated rings. The lowest BCUT2D eigenvalue weighted by molar-refractivity contribution is 0.292. The Balaban J connectivity index is 1.30. The van der Waals surface area contributed by atoms with Crippen molar-refractivity contribution in [3.8, 4) is 0 Å². The molecule has 152 valence electrons. The van der Waals surface area contributed by atoms with Crippen LogP contribution >= 0.6 is 0 Å². The zero-order valence-corrected chi connectivity index (χ0v) is 16.6. The maximum absolute atomic E-state index is 13.2. The summed E-state index contributed by atoms with van der Waals surface area (Å²) in [5.74, 6) is -0.0512. The van der Waals surface area contributed by atoms with E-state index in [-0.39, 0.29) is 23.3 Å². The molecule has 1 aromatic heterocycles. The Labute approximate surface area is 164 Å². The largest absolute Gasteiger partial charge is 0.422 e. The van der Waals surface area contributed by atoms with Crippen LogP contribution in [-0.2, 0) is 10.2 Å². The molecule has 2 aromatic rings. The van der Waals surface area contributed by atoms with Crippen LogP contribution in [0.25, 0.3) is 11.1 Å². The van der Waals surface area contributed by atoms with Gasteiger partial charge in [0.2, 0.25) is 0 Å². The third-order valence-electron chi connectivity index (χ3n) is 5.79. The highest BCUT2D eigenvalue weighted by Crippen LogP contribution is 2.57. The predicted octanol–water partition coefficient (Wildman–Crippen LogP) is 3.45. The summed E-state index contributed by atoms with van der Waals surface area (Å²) in [6.45, 7) is 2.39. The summed E-state index contributed by atoms with van der Waals surface area (Å²) in [7, 11) is -3.41. The van der Waals surface area contributed by atoms with Gasteiger partial charge in [-0.2, -0.15) is 18.1 Å². The Morgan fingerprint density at radius 3 is 2.93 bits per heavy atom. The molecular formula is C19H25FN4O3S. The Bertz CT molecular complexity index is 980. The van der Waals surface area contributed by atoms with Crippen LogP contribution in [0.2, 0.25) is 0 Å². The summed E-state index contributed by atoms with van der Waals surface area (Å²) in [5, 5.41) is 0. The van der Waals surface area contributed by atoms with Gasteiger partial charge in [0.05, 0.1) is 0 Å². The van der Waals surface area contributed by atoms with Crippen LogP contribution in [0.4, 0.5) is 10.4 Å². The van der Waals surface area contributed by atoms with Gasteiger partial charge < -0.3 is 4.42 Å². The SMILES string of the molecule is CCCNS(=O)(=O)N[C@H]1CC12CCC(/C=N/c1nc3ccc(F)cc3o1)CC2. The molecule has 0 saturated heterocycles. The van der Waals surface area contributed by atoms with Crippen molar-refractivity contribution < 1.29 is 17.2 Å². The van der Waals surface area contributed by atoms with Crippen molar-refractivity contribution in [2.24, 2.45) is 16.3 Å². The first-order valence-corrected chi connectivity index (χ1v) is 11.2. The van der Waals surface area contributed by atoms with E-state index in [1.807, 2.05) is 13.1 Å². The first-order chi connectivity index (χ1) is 13.4. The van der Waals surface area contributed by atoms with Gasteiger partial charge in [-0.3, -0.25) is 0 Å². The monoisotopic (exact) mass is 408 g/mol. The summed E-state index contributed by atoms with van der Waals surface area (Å²) in [6, 6.07) is 4.49. The molecule has 1 aromatic carbocycles. The summed E-state index contributed by atoms with van der Waals surface area (Å²) in [6.07, 6.45) is 7.40. The minimum absolute atomic E-state index is 0.0340. The number of aromatic nitrogens is 1. The minimum Gasteiger partial charge on any atom is -0.422 e. The lowest BCUT2D eigenvalue weighted by Gasteiger charge is -2.27. The third-order valence-corrected chi connectivity index (χ3v) is 6.97. The van der Waals surface area contributed by atoms with Crippen LogP contribution in [-0.4, -0.2) is 32.2 Å². The number of rotatable bonds is 7. The Kier molecular flexibility index (Phi) is 5.24. The van der Waals surface area contributed by atoms with E-state index in [0.717, 1.165) is 38.5 Å². The first-order valence-electron chi connectivity index (χ1n) is 9.76. The zero-order valence-electron chi connectivity index (χ0n) is 15.8. The van der Waals surface area contributed by atoms with E-state index in [1.165, 1.54) is 12.1 Å². The van der Waals surface area contributed by atoms with Crippen molar-refractivity contribution in [2.45, 2.75) is 51.5 Å². The first kappa shape index (κ1) is 19.5. The molecule has 28 heavy (non-hydrogen) atoms. The van der Waals surface area contributed by atoms with Crippen LogP contribution in [0.1, 0.15) is 45.4 Å². The minimum atomic E-state index is -3.41. The molecule has 7 nitrogen and oxygen atoms in total. The van der Waals surface area contributed by atoms with E-state index in [1.54, 1.807) is 6.07 Å². The van der Waals surface area contributed by atoms with Gasteiger partial charge in [-0.15, -0.1) is 0 Å². The molecule has 0 radical (unpaired) electrons. The van der Waals surface area contributed by atoms with E-state index >= 15 is 0 Å². The number of halogens is 1. The molecule has 1 heterocycles. The van der Waals surface area contributed by atoms with Crippen LogP contribution in [0, 0.1) is 17.2 Å². The van der Waals surface area contributed by atoms with E-state index in [0.29, 0.717) is 23.6 Å². The van der Waals surface area contributed by atoms with Crippen molar-refractivity contribution in [3.63, 3.8) is 0 Å². The van der Waals surface area contributed by atoms with Gasteiger partial charge in [0, 0.05) is 24.9 Å². The fourth-order valence-electron chi connectivity index (χ4n) is 4.01. The molecule has 0 aliphatic heterocycles. The van der Waals surface area contributed by atoms with E-state index in [9.17, 15) is 12.8 Å². The summed E-state index contributed by atoms with van der Waals surface area (Å²) in [5.41, 5.74) is 1.07. The Morgan fingerprint density at radius 2 is 2.18 bits per heavy atom. The van der Waals surface area contributed by atoms with Crippen molar-refractivity contribution in [1.82, 2.24) is 14.4 Å². The highest BCUT2D eigenvalue weighted by Gasteiger charge is 2.56. The maximum Gasteiger partial charge on any atom is 0.322 e. The lowest BCUT2D eigenvalue weighted by atomic mass is 9.80. The summed E-state index contributed by atoms with van der Waals surface area (Å²) < 4.78 is 48.0. The summed E-state index contributed by atoms with van der Waals surface area (Å²) >= 11 is 0. The molecule has 2 aliphatic rings. The molecule has 4 rings (SSSR count). The van der Waals surface area contributed by atoms with Crippen LogP contribution < -0.4 is 9.44 Å². The number of fused-ring (bicyclic) bond motifs is 1. The lowest BCUT2D eigenvalue weighted by Crippen LogP contribution is -2.40. The van der Waals surface area contributed by atoms with Crippen LogP contribution in [0.5, 0.6) is 0 Å². The van der Waals surface area contributed by atoms with Gasteiger partial charge >= 0.3 is 6.01 Å². The smallest absolute Gasteiger partial charge is 0.322 e. The molecule has 9 heteroatoms. The topological polar surface area (TPSA) is 96.6 Å². The fraction of sp³-hybridized carbons (Fsp3) is 0.579. The fourth-order valence-corrected chi connectivity index (χ4v) is 5.27. The van der Waals surface area contributed by atoms with Crippen LogP contribution in [0.15, 0.2) is 27.6 Å². The predicted molar refractivity (Wildman–Crippen MR) is 105 cm³/mol. The van der Waals surface area contributed by atoms with Gasteiger partial charge in [-0.25, -0.2) is 14.1 Å². The second-order valence-electron chi connectivity index (χ2n) is 7.86. The Morgan fingerprint density at radius 1 is 1.39 bits per heavy atom. The quantitative estimate of drug-likeness (QED) is 0.686. The number of benzene rings is 1. The number of aliphatic imine (C=N–C) groups is 1. The number of oxazole rings is 1. The highest BCUT2D eigenvalue weighted by molar-refractivity contribution is 7.87. The molecule has 0 unspecified atom stereocenters. The van der Waals surface area contributed by atoms with Crippen molar-refractivity contribution in [3.05, 3.63) is 24.0 Å². The number of nitrogens with one attached hydrogen (secondary N) is 2. The number of hydrogen-bond donors (Lipinski definition) is 2.